The van der Waals surface area contributed by atoms with Gasteiger partial charge in [-0.3, -0.25) is 4.79 Å². The van der Waals surface area contributed by atoms with E-state index in [1.807, 2.05) is 79.7 Å². The van der Waals surface area contributed by atoms with Crippen LogP contribution in [0.4, 0.5) is 4.79 Å². The summed E-state index contributed by atoms with van der Waals surface area (Å²) in [6, 6.07) is 27.8. The summed E-state index contributed by atoms with van der Waals surface area (Å²) in [4.78, 5) is 27.0. The Kier molecular flexibility index (Phi) is 7.99. The molecule has 180 valence electrons. The Hall–Kier alpha value is -3.86. The summed E-state index contributed by atoms with van der Waals surface area (Å²) >= 11 is 0. The number of urea groups is 1. The van der Waals surface area contributed by atoms with Gasteiger partial charge in [-0.1, -0.05) is 97.1 Å². The number of hydrogen-bond acceptors (Lipinski definition) is 3. The van der Waals surface area contributed by atoms with Crippen molar-refractivity contribution in [1.29, 1.82) is 0 Å². The van der Waals surface area contributed by atoms with Crippen molar-refractivity contribution in [2.75, 3.05) is 13.1 Å². The molecule has 3 aromatic rings. The summed E-state index contributed by atoms with van der Waals surface area (Å²) in [5.41, 5.74) is 9.77. The molecule has 3 atom stereocenters. The number of esters is 1. The van der Waals surface area contributed by atoms with Gasteiger partial charge in [0.1, 0.15) is 6.10 Å². The number of rotatable bonds is 7. The van der Waals surface area contributed by atoms with E-state index in [9.17, 15) is 9.59 Å². The number of carbonyl (C=O) groups is 2. The fourth-order valence-electron chi connectivity index (χ4n) is 4.70. The first kappa shape index (κ1) is 24.3. The molecule has 1 fully saturated rings. The van der Waals surface area contributed by atoms with E-state index < -0.39 is 11.9 Å². The molecule has 2 N–H and O–H groups in total. The highest BCUT2D eigenvalue weighted by atomic mass is 16.5. The average Bonchev–Trinajstić information content (AvgIpc) is 2.90. The smallest absolute Gasteiger partial charge is 0.314 e. The summed E-state index contributed by atoms with van der Waals surface area (Å²) in [6.45, 7) is 2.86. The number of primary amides is 1. The molecule has 0 spiro atoms. The Morgan fingerprint density at radius 2 is 1.60 bits per heavy atom. The molecule has 1 aliphatic rings. The van der Waals surface area contributed by atoms with E-state index in [4.69, 9.17) is 10.5 Å². The first-order chi connectivity index (χ1) is 17.1. The molecule has 1 aliphatic heterocycles. The van der Waals surface area contributed by atoms with Crippen molar-refractivity contribution in [3.8, 4) is 11.1 Å². The Morgan fingerprint density at radius 1 is 0.971 bits per heavy atom. The van der Waals surface area contributed by atoms with Crippen LogP contribution in [0.5, 0.6) is 0 Å². The molecular weight excluding hydrogens is 436 g/mol. The molecule has 5 heteroatoms. The van der Waals surface area contributed by atoms with Crippen molar-refractivity contribution in [2.45, 2.75) is 37.7 Å². The lowest BCUT2D eigenvalue weighted by atomic mass is 9.87. The predicted molar refractivity (Wildman–Crippen MR) is 139 cm³/mol. The molecule has 4 rings (SSSR count). The number of hydrogen-bond donors (Lipinski definition) is 1. The van der Waals surface area contributed by atoms with E-state index in [1.54, 1.807) is 4.90 Å². The largest absolute Gasteiger partial charge is 0.461 e. The van der Waals surface area contributed by atoms with Crippen molar-refractivity contribution < 1.29 is 14.3 Å². The van der Waals surface area contributed by atoms with Gasteiger partial charge < -0.3 is 15.4 Å². The van der Waals surface area contributed by atoms with Crippen LogP contribution in [-0.4, -0.2) is 36.1 Å². The SMILES string of the molecule is CC=CCC(C(=O)OC1CCN(C(N)=O)CC1c1ccccc1)c1ccc(-c2ccccc2)cc1. The van der Waals surface area contributed by atoms with E-state index in [0.29, 0.717) is 25.9 Å². The molecule has 3 unspecified atom stereocenters. The lowest BCUT2D eigenvalue weighted by Gasteiger charge is -2.38. The van der Waals surface area contributed by atoms with Gasteiger partial charge in [0.05, 0.1) is 5.92 Å². The van der Waals surface area contributed by atoms with Crippen LogP contribution in [-0.2, 0) is 9.53 Å². The third-order valence-electron chi connectivity index (χ3n) is 6.67. The minimum Gasteiger partial charge on any atom is -0.461 e. The van der Waals surface area contributed by atoms with Gasteiger partial charge >= 0.3 is 12.0 Å². The van der Waals surface area contributed by atoms with Gasteiger partial charge in [0.15, 0.2) is 0 Å². The molecule has 0 aromatic heterocycles. The number of amides is 2. The zero-order valence-electron chi connectivity index (χ0n) is 20.0. The Labute approximate surface area is 207 Å². The van der Waals surface area contributed by atoms with E-state index in [2.05, 4.69) is 24.3 Å². The number of allylic oxidation sites excluding steroid dienone is 2. The van der Waals surface area contributed by atoms with Crippen molar-refractivity contribution in [1.82, 2.24) is 4.90 Å². The number of benzene rings is 3. The van der Waals surface area contributed by atoms with E-state index in [0.717, 1.165) is 22.3 Å². The van der Waals surface area contributed by atoms with Crippen molar-refractivity contribution in [2.24, 2.45) is 5.73 Å². The van der Waals surface area contributed by atoms with Crippen LogP contribution in [0.25, 0.3) is 11.1 Å². The lowest BCUT2D eigenvalue weighted by Crippen LogP contribution is -2.48. The van der Waals surface area contributed by atoms with Gasteiger partial charge in [-0.15, -0.1) is 0 Å². The summed E-state index contributed by atoms with van der Waals surface area (Å²) in [5.74, 6) is -0.764. The van der Waals surface area contributed by atoms with Gasteiger partial charge in [-0.2, -0.15) is 0 Å². The zero-order chi connectivity index (χ0) is 24.6. The molecule has 0 aliphatic carbocycles. The number of piperidine rings is 1. The Balaban J connectivity index is 1.55. The molecule has 0 bridgehead atoms. The first-order valence-electron chi connectivity index (χ1n) is 12.1. The standard InChI is InChI=1S/C30H32N2O3/c1-2-3-14-26(25-17-15-23(16-18-25)22-10-6-4-7-11-22)29(33)35-28-19-20-32(30(31)34)21-27(28)24-12-8-5-9-13-24/h2-13,15-18,26-28H,14,19-21H2,1H3,(H2,31,34). The normalized spacial score (nSPS) is 18.8. The van der Waals surface area contributed by atoms with Gasteiger partial charge in [-0.05, 0) is 35.6 Å². The second-order valence-electron chi connectivity index (χ2n) is 8.91. The highest BCUT2D eigenvalue weighted by Gasteiger charge is 2.36. The maximum atomic E-state index is 13.5. The van der Waals surface area contributed by atoms with Gasteiger partial charge in [0.25, 0.3) is 0 Å². The molecule has 2 amide bonds. The molecular formula is C30H32N2O3. The fourth-order valence-corrected chi connectivity index (χ4v) is 4.70. The van der Waals surface area contributed by atoms with Crippen LogP contribution < -0.4 is 5.73 Å². The van der Waals surface area contributed by atoms with Crippen LogP contribution in [0, 0.1) is 0 Å². The van der Waals surface area contributed by atoms with E-state index >= 15 is 0 Å². The van der Waals surface area contributed by atoms with Crippen LogP contribution >= 0.6 is 0 Å². The molecule has 0 radical (unpaired) electrons. The molecule has 5 nitrogen and oxygen atoms in total. The Bertz CT molecular complexity index is 1140. The second kappa shape index (κ2) is 11.5. The maximum Gasteiger partial charge on any atom is 0.314 e. The molecule has 1 saturated heterocycles. The predicted octanol–water partition coefficient (Wildman–Crippen LogP) is 5.88. The van der Waals surface area contributed by atoms with Gasteiger partial charge in [0.2, 0.25) is 0 Å². The third kappa shape index (κ3) is 5.99. The van der Waals surface area contributed by atoms with E-state index in [1.165, 1.54) is 0 Å². The van der Waals surface area contributed by atoms with Gasteiger partial charge in [0, 0.05) is 25.4 Å². The summed E-state index contributed by atoms with van der Waals surface area (Å²) in [7, 11) is 0. The van der Waals surface area contributed by atoms with Crippen LogP contribution in [0.15, 0.2) is 97.1 Å². The topological polar surface area (TPSA) is 72.6 Å². The van der Waals surface area contributed by atoms with Crippen molar-refractivity contribution >= 4 is 12.0 Å². The summed E-state index contributed by atoms with van der Waals surface area (Å²) in [5, 5.41) is 0. The quantitative estimate of drug-likeness (QED) is 0.347. The maximum absolute atomic E-state index is 13.5. The zero-order valence-corrected chi connectivity index (χ0v) is 20.0. The number of ether oxygens (including phenoxy) is 1. The summed E-state index contributed by atoms with van der Waals surface area (Å²) < 4.78 is 6.16. The minimum absolute atomic E-state index is 0.121. The second-order valence-corrected chi connectivity index (χ2v) is 8.91. The minimum atomic E-state index is -0.444. The molecule has 3 aromatic carbocycles. The monoisotopic (exact) mass is 468 g/mol. The number of likely N-dealkylation sites (tertiary alicyclic amines) is 1. The number of nitrogens with zero attached hydrogens (tertiary/aromatic N) is 1. The fraction of sp³-hybridized carbons (Fsp3) is 0.267. The average molecular weight is 469 g/mol. The first-order valence-corrected chi connectivity index (χ1v) is 12.1. The van der Waals surface area contributed by atoms with E-state index in [-0.39, 0.29) is 18.0 Å². The molecule has 35 heavy (non-hydrogen) atoms. The molecule has 0 saturated carbocycles. The van der Waals surface area contributed by atoms with Crippen LogP contribution in [0.3, 0.4) is 0 Å². The highest BCUT2D eigenvalue weighted by Crippen LogP contribution is 2.32. The van der Waals surface area contributed by atoms with Crippen LogP contribution in [0.2, 0.25) is 0 Å². The molecule has 1 heterocycles. The number of carbonyl (C=O) groups excluding carboxylic acids is 2. The third-order valence-corrected chi connectivity index (χ3v) is 6.67. The highest BCUT2D eigenvalue weighted by molar-refractivity contribution is 5.79. The van der Waals surface area contributed by atoms with Crippen LogP contribution in [0.1, 0.15) is 42.7 Å². The lowest BCUT2D eigenvalue weighted by molar-refractivity contribution is -0.154. The number of nitrogens with two attached hydrogens (primary N) is 1. The van der Waals surface area contributed by atoms with Crippen molar-refractivity contribution in [3.05, 3.63) is 108 Å². The van der Waals surface area contributed by atoms with Gasteiger partial charge in [-0.25, -0.2) is 4.79 Å². The Morgan fingerprint density at radius 3 is 2.23 bits per heavy atom. The summed E-state index contributed by atoms with van der Waals surface area (Å²) in [6.07, 6.45) is 4.75. The van der Waals surface area contributed by atoms with Crippen molar-refractivity contribution in [3.63, 3.8) is 0 Å².